The molecule has 0 heterocycles. The average Bonchev–Trinajstić information content (AvgIpc) is 2.24. The summed E-state index contributed by atoms with van der Waals surface area (Å²) in [5.74, 6) is 0.0816. The van der Waals surface area contributed by atoms with Crippen LogP contribution in [0.5, 0.6) is 0 Å². The van der Waals surface area contributed by atoms with Crippen molar-refractivity contribution in [1.29, 1.82) is 0 Å². The number of carbonyl (C=O) groups excluding carboxylic acids is 2. The van der Waals surface area contributed by atoms with Gasteiger partial charge in [0.15, 0.2) is 0 Å². The topological polar surface area (TPSA) is 81.4 Å². The molecule has 0 spiro atoms. The van der Waals surface area contributed by atoms with E-state index in [1.165, 1.54) is 18.9 Å². The molecule has 0 aromatic heterocycles. The summed E-state index contributed by atoms with van der Waals surface area (Å²) in [6.45, 7) is 3.92. The number of rotatable bonds is 7. The lowest BCUT2D eigenvalue weighted by Gasteiger charge is -2.08. The van der Waals surface area contributed by atoms with Gasteiger partial charge in [-0.3, -0.25) is 9.59 Å². The highest BCUT2D eigenvalue weighted by molar-refractivity contribution is 8.00. The molecule has 0 aliphatic heterocycles. The zero-order chi connectivity index (χ0) is 11.7. The molecule has 0 saturated heterocycles. The molecule has 3 N–H and O–H groups in total. The maximum Gasteiger partial charge on any atom is 0.323 e. The van der Waals surface area contributed by atoms with Crippen molar-refractivity contribution in [3.8, 4) is 0 Å². The Balaban J connectivity index is 3.56. The van der Waals surface area contributed by atoms with Gasteiger partial charge in [-0.1, -0.05) is 6.08 Å². The van der Waals surface area contributed by atoms with Crippen molar-refractivity contribution in [2.24, 2.45) is 5.73 Å². The van der Waals surface area contributed by atoms with E-state index < -0.39 is 12.0 Å². The molecule has 0 radical (unpaired) electrons. The highest BCUT2D eigenvalue weighted by Gasteiger charge is 2.13. The van der Waals surface area contributed by atoms with E-state index in [-0.39, 0.29) is 11.7 Å². The first kappa shape index (κ1) is 14.0. The minimum Gasteiger partial charge on any atom is -0.468 e. The molecule has 0 aromatic carbocycles. The first-order chi connectivity index (χ1) is 7.11. The van der Waals surface area contributed by atoms with Crippen LogP contribution in [-0.2, 0) is 14.3 Å². The van der Waals surface area contributed by atoms with Crippen molar-refractivity contribution in [3.05, 3.63) is 12.7 Å². The number of esters is 1. The molecule has 15 heavy (non-hydrogen) atoms. The number of amides is 1. The molecule has 0 rings (SSSR count). The second-order valence-electron chi connectivity index (χ2n) is 2.74. The third kappa shape index (κ3) is 6.98. The molecule has 0 aliphatic rings. The van der Waals surface area contributed by atoms with Gasteiger partial charge in [0.1, 0.15) is 6.04 Å². The molecule has 1 amide bonds. The fourth-order valence-corrected chi connectivity index (χ4v) is 1.53. The Hall–Kier alpha value is -1.01. The molecule has 1 atom stereocenters. The van der Waals surface area contributed by atoms with Gasteiger partial charge in [-0.25, -0.2) is 0 Å². The normalized spacial score (nSPS) is 11.6. The van der Waals surface area contributed by atoms with Gasteiger partial charge >= 0.3 is 5.97 Å². The average molecular weight is 232 g/mol. The summed E-state index contributed by atoms with van der Waals surface area (Å²) >= 11 is 1.29. The quantitative estimate of drug-likeness (QED) is 0.458. The minimum atomic E-state index is -0.674. The Labute approximate surface area is 93.4 Å². The van der Waals surface area contributed by atoms with Crippen molar-refractivity contribution in [2.45, 2.75) is 6.04 Å². The standard InChI is InChI=1S/C9H16N2O3S/c1-3-4-11-8(12)6-15-5-7(10)9(13)14-2/h3,7H,1,4-6,10H2,2H3,(H,11,12). The fraction of sp³-hybridized carbons (Fsp3) is 0.556. The molecular formula is C9H16N2O3S. The number of nitrogens with one attached hydrogen (secondary N) is 1. The third-order valence-corrected chi connectivity index (χ3v) is 2.54. The summed E-state index contributed by atoms with van der Waals surface area (Å²) in [6.07, 6.45) is 1.60. The summed E-state index contributed by atoms with van der Waals surface area (Å²) in [5, 5.41) is 2.61. The number of nitrogens with two attached hydrogens (primary N) is 1. The van der Waals surface area contributed by atoms with Crippen molar-refractivity contribution >= 4 is 23.6 Å². The van der Waals surface area contributed by atoms with E-state index in [1.54, 1.807) is 6.08 Å². The molecule has 5 nitrogen and oxygen atoms in total. The minimum absolute atomic E-state index is 0.100. The Bertz CT molecular complexity index is 233. The zero-order valence-corrected chi connectivity index (χ0v) is 9.51. The Morgan fingerprint density at radius 1 is 1.67 bits per heavy atom. The van der Waals surface area contributed by atoms with E-state index in [0.717, 1.165) is 0 Å². The largest absolute Gasteiger partial charge is 0.468 e. The van der Waals surface area contributed by atoms with Crippen LogP contribution in [0.3, 0.4) is 0 Å². The highest BCUT2D eigenvalue weighted by atomic mass is 32.2. The van der Waals surface area contributed by atoms with Gasteiger partial charge in [0.2, 0.25) is 5.91 Å². The molecule has 0 aliphatic carbocycles. The second-order valence-corrected chi connectivity index (χ2v) is 3.77. The van der Waals surface area contributed by atoms with Gasteiger partial charge < -0.3 is 15.8 Å². The number of ether oxygens (including phenoxy) is 1. The van der Waals surface area contributed by atoms with Crippen molar-refractivity contribution in [2.75, 3.05) is 25.2 Å². The number of thioether (sulfide) groups is 1. The summed E-state index contributed by atoms with van der Waals surface area (Å²) < 4.78 is 4.44. The van der Waals surface area contributed by atoms with Crippen LogP contribution in [0.2, 0.25) is 0 Å². The van der Waals surface area contributed by atoms with Gasteiger partial charge in [0.25, 0.3) is 0 Å². The van der Waals surface area contributed by atoms with Gasteiger partial charge in [0, 0.05) is 12.3 Å². The summed E-state index contributed by atoms with van der Waals surface area (Å²) in [4.78, 5) is 22.0. The van der Waals surface area contributed by atoms with Crippen LogP contribution in [0.15, 0.2) is 12.7 Å². The van der Waals surface area contributed by atoms with Crippen LogP contribution in [0, 0.1) is 0 Å². The Morgan fingerprint density at radius 2 is 2.33 bits per heavy atom. The van der Waals surface area contributed by atoms with E-state index in [9.17, 15) is 9.59 Å². The maximum absolute atomic E-state index is 11.1. The van der Waals surface area contributed by atoms with Crippen LogP contribution >= 0.6 is 11.8 Å². The van der Waals surface area contributed by atoms with Gasteiger partial charge in [0.05, 0.1) is 12.9 Å². The smallest absolute Gasteiger partial charge is 0.323 e. The third-order valence-electron chi connectivity index (χ3n) is 1.48. The molecule has 0 fully saturated rings. The van der Waals surface area contributed by atoms with Crippen LogP contribution < -0.4 is 11.1 Å². The van der Waals surface area contributed by atoms with Crippen molar-refractivity contribution in [1.82, 2.24) is 5.32 Å². The van der Waals surface area contributed by atoms with Crippen LogP contribution in [0.4, 0.5) is 0 Å². The van der Waals surface area contributed by atoms with E-state index in [4.69, 9.17) is 5.73 Å². The molecule has 6 heteroatoms. The summed E-state index contributed by atoms with van der Waals surface area (Å²) in [7, 11) is 1.28. The molecular weight excluding hydrogens is 216 g/mol. The van der Waals surface area contributed by atoms with Crippen molar-refractivity contribution in [3.63, 3.8) is 0 Å². The first-order valence-corrected chi connectivity index (χ1v) is 5.56. The first-order valence-electron chi connectivity index (χ1n) is 4.40. The predicted molar refractivity (Wildman–Crippen MR) is 60.5 cm³/mol. The van der Waals surface area contributed by atoms with Crippen LogP contribution in [0.1, 0.15) is 0 Å². The van der Waals surface area contributed by atoms with E-state index in [2.05, 4.69) is 16.6 Å². The van der Waals surface area contributed by atoms with Gasteiger partial charge in [-0.2, -0.15) is 0 Å². The molecule has 0 bridgehead atoms. The molecule has 86 valence electrons. The summed E-state index contributed by atoms with van der Waals surface area (Å²) in [6, 6.07) is -0.674. The van der Waals surface area contributed by atoms with Crippen molar-refractivity contribution < 1.29 is 14.3 Å². The van der Waals surface area contributed by atoms with Crippen LogP contribution in [0.25, 0.3) is 0 Å². The fourth-order valence-electron chi connectivity index (χ4n) is 0.735. The highest BCUT2D eigenvalue weighted by Crippen LogP contribution is 2.02. The lowest BCUT2D eigenvalue weighted by molar-refractivity contribution is -0.141. The number of hydrogen-bond donors (Lipinski definition) is 2. The lowest BCUT2D eigenvalue weighted by atomic mass is 10.4. The molecule has 0 aromatic rings. The number of hydrogen-bond acceptors (Lipinski definition) is 5. The zero-order valence-electron chi connectivity index (χ0n) is 8.69. The maximum atomic E-state index is 11.1. The van der Waals surface area contributed by atoms with E-state index in [1.807, 2.05) is 0 Å². The predicted octanol–water partition coefficient (Wildman–Crippen LogP) is -0.478. The van der Waals surface area contributed by atoms with E-state index >= 15 is 0 Å². The second kappa shape index (κ2) is 8.31. The lowest BCUT2D eigenvalue weighted by Crippen LogP contribution is -2.34. The van der Waals surface area contributed by atoms with Crippen LogP contribution in [-0.4, -0.2) is 43.1 Å². The summed E-state index contributed by atoms with van der Waals surface area (Å²) in [5.41, 5.74) is 5.47. The van der Waals surface area contributed by atoms with E-state index in [0.29, 0.717) is 12.3 Å². The Morgan fingerprint density at radius 3 is 2.87 bits per heavy atom. The number of methoxy groups -OCH3 is 1. The monoisotopic (exact) mass is 232 g/mol. The Kier molecular flexibility index (Phi) is 7.75. The van der Waals surface area contributed by atoms with Gasteiger partial charge in [-0.15, -0.1) is 18.3 Å². The molecule has 0 saturated carbocycles. The number of carbonyl (C=O) groups is 2. The van der Waals surface area contributed by atoms with Gasteiger partial charge in [-0.05, 0) is 0 Å². The molecule has 1 unspecified atom stereocenters. The SMILES string of the molecule is C=CCNC(=O)CSCC(N)C(=O)OC.